The number of nitrogens with one attached hydrogen (secondary N) is 1. The predicted molar refractivity (Wildman–Crippen MR) is 141 cm³/mol. The second-order valence-corrected chi connectivity index (χ2v) is 11.7. The van der Waals surface area contributed by atoms with Gasteiger partial charge in [0.25, 0.3) is 0 Å². The summed E-state index contributed by atoms with van der Waals surface area (Å²) >= 11 is 0. The largest absolute Gasteiger partial charge is 0.463 e. The number of rotatable bonds is 7. The summed E-state index contributed by atoms with van der Waals surface area (Å²) in [4.78, 5) is 19.0. The first kappa shape index (κ1) is 24.9. The van der Waals surface area contributed by atoms with E-state index in [0.717, 1.165) is 56.0 Å². The van der Waals surface area contributed by atoms with Crippen LogP contribution in [0.1, 0.15) is 96.1 Å². The van der Waals surface area contributed by atoms with Gasteiger partial charge in [0.1, 0.15) is 5.54 Å². The number of carbonyl (C=O) groups excluding carboxylic acids is 1. The lowest BCUT2D eigenvalue weighted by Gasteiger charge is -2.45. The Kier molecular flexibility index (Phi) is 7.88. The summed E-state index contributed by atoms with van der Waals surface area (Å²) in [5.74, 6) is 0.208. The van der Waals surface area contributed by atoms with Gasteiger partial charge in [-0.1, -0.05) is 51.4 Å². The Bertz CT molecular complexity index is 967. The van der Waals surface area contributed by atoms with Gasteiger partial charge in [0.2, 0.25) is 5.91 Å². The van der Waals surface area contributed by atoms with Crippen molar-refractivity contribution in [1.29, 1.82) is 0 Å². The molecule has 1 N–H and O–H groups in total. The number of nitrogens with zero attached hydrogens (tertiary/aromatic N) is 3. The Morgan fingerprint density at radius 3 is 2.54 bits per heavy atom. The van der Waals surface area contributed by atoms with Crippen molar-refractivity contribution in [2.24, 2.45) is 0 Å². The molecule has 3 heterocycles. The van der Waals surface area contributed by atoms with E-state index in [1.807, 2.05) is 6.07 Å². The lowest BCUT2D eigenvalue weighted by Crippen LogP contribution is -2.62. The molecule has 35 heavy (non-hydrogen) atoms. The van der Waals surface area contributed by atoms with Gasteiger partial charge < -0.3 is 19.2 Å². The second kappa shape index (κ2) is 11.1. The van der Waals surface area contributed by atoms with Crippen LogP contribution in [0.4, 0.5) is 0 Å². The Balaban J connectivity index is 1.29. The number of hydrogen-bond donors (Lipinski definition) is 1. The molecular weight excluding hydrogens is 436 g/mol. The molecule has 0 radical (unpaired) electrons. The minimum Gasteiger partial charge on any atom is -0.463 e. The van der Waals surface area contributed by atoms with Gasteiger partial charge in [-0.3, -0.25) is 9.69 Å². The first-order valence-electron chi connectivity index (χ1n) is 14.4. The van der Waals surface area contributed by atoms with Crippen molar-refractivity contribution < 1.29 is 9.21 Å². The second-order valence-electron chi connectivity index (χ2n) is 11.7. The number of aromatic nitrogens is 1. The smallest absolute Gasteiger partial charge is 0.242 e. The molecule has 1 atom stereocenters. The lowest BCUT2D eigenvalue weighted by atomic mass is 9.92. The van der Waals surface area contributed by atoms with E-state index in [4.69, 9.17) is 4.42 Å². The molecule has 5 rings (SSSR count). The molecule has 0 saturated heterocycles. The molecule has 0 aromatic carbocycles. The van der Waals surface area contributed by atoms with Crippen LogP contribution in [0.3, 0.4) is 0 Å². The fourth-order valence-electron chi connectivity index (χ4n) is 6.82. The highest BCUT2D eigenvalue weighted by molar-refractivity contribution is 5.87. The third-order valence-electron chi connectivity index (χ3n) is 9.19. The average Bonchev–Trinajstić information content (AvgIpc) is 3.43. The van der Waals surface area contributed by atoms with Gasteiger partial charge in [-0.15, -0.1) is 0 Å². The zero-order valence-electron chi connectivity index (χ0n) is 22.1. The van der Waals surface area contributed by atoms with Crippen LogP contribution in [0.25, 0.3) is 11.1 Å². The quantitative estimate of drug-likeness (QED) is 0.551. The van der Waals surface area contributed by atoms with Crippen LogP contribution in [0.15, 0.2) is 22.8 Å². The van der Waals surface area contributed by atoms with Crippen LogP contribution in [-0.2, 0) is 17.9 Å². The Labute approximate surface area is 211 Å². The van der Waals surface area contributed by atoms with Crippen molar-refractivity contribution in [3.05, 3.63) is 24.1 Å². The zero-order valence-corrected chi connectivity index (χ0v) is 22.1. The summed E-state index contributed by atoms with van der Waals surface area (Å²) in [6, 6.07) is 5.27. The summed E-state index contributed by atoms with van der Waals surface area (Å²) in [6.07, 6.45) is 18.3. The van der Waals surface area contributed by atoms with E-state index in [-0.39, 0.29) is 5.91 Å². The fourth-order valence-corrected chi connectivity index (χ4v) is 6.82. The number of carbonyl (C=O) groups is 1. The minimum atomic E-state index is -0.554. The highest BCUT2D eigenvalue weighted by Crippen LogP contribution is 2.33. The first-order chi connectivity index (χ1) is 17.0. The Morgan fingerprint density at radius 2 is 1.77 bits per heavy atom. The molecule has 2 aromatic heterocycles. The number of hydrogen-bond acceptors (Lipinski definition) is 4. The summed E-state index contributed by atoms with van der Waals surface area (Å²) in [5, 5.41) is 3.51. The summed E-state index contributed by atoms with van der Waals surface area (Å²) in [7, 11) is 2.30. The van der Waals surface area contributed by atoms with E-state index in [2.05, 4.69) is 39.7 Å². The van der Waals surface area contributed by atoms with Gasteiger partial charge in [-0.05, 0) is 52.6 Å². The molecule has 1 unspecified atom stereocenters. The molecule has 1 aliphatic heterocycles. The monoisotopic (exact) mass is 482 g/mol. The maximum Gasteiger partial charge on any atom is 0.242 e. The van der Waals surface area contributed by atoms with Crippen LogP contribution in [0, 0.1) is 0 Å². The fraction of sp³-hybridized carbons (Fsp3) is 0.759. The van der Waals surface area contributed by atoms with Gasteiger partial charge >= 0.3 is 0 Å². The van der Waals surface area contributed by atoms with Gasteiger partial charge in [0.15, 0.2) is 5.58 Å². The minimum absolute atomic E-state index is 0.208. The third-order valence-corrected chi connectivity index (χ3v) is 9.19. The topological polar surface area (TPSA) is 53.7 Å². The van der Waals surface area contributed by atoms with Crippen LogP contribution in [0.5, 0.6) is 0 Å². The van der Waals surface area contributed by atoms with Crippen LogP contribution < -0.4 is 5.32 Å². The average molecular weight is 483 g/mol. The van der Waals surface area contributed by atoms with E-state index in [0.29, 0.717) is 12.6 Å². The lowest BCUT2D eigenvalue weighted by molar-refractivity contribution is -0.136. The highest BCUT2D eigenvalue weighted by atomic mass is 16.3. The van der Waals surface area contributed by atoms with Crippen LogP contribution in [0.2, 0.25) is 0 Å². The molecular formula is C29H46N4O2. The highest BCUT2D eigenvalue weighted by Gasteiger charge is 2.44. The van der Waals surface area contributed by atoms with Crippen molar-refractivity contribution in [2.75, 3.05) is 20.1 Å². The van der Waals surface area contributed by atoms with E-state index >= 15 is 0 Å². The molecule has 0 spiro atoms. The zero-order chi connectivity index (χ0) is 24.3. The molecule has 0 bridgehead atoms. The number of furan rings is 1. The standard InChI is InChI=1S/C29H46N4O2/c1-29(28(34)30-23-12-7-4-3-5-8-13-23)22-33-25(20-27-26(33)16-19-35-27)21-32(29)18-11-17-31(2)24-14-9-6-10-15-24/h16,19-20,23-24H,3-15,17-18,21-22H2,1-2H3,(H,30,34). The summed E-state index contributed by atoms with van der Waals surface area (Å²) in [6.45, 7) is 5.70. The summed E-state index contributed by atoms with van der Waals surface area (Å²) in [5.41, 5.74) is 2.75. The molecule has 2 saturated carbocycles. The molecule has 2 aliphatic carbocycles. The summed E-state index contributed by atoms with van der Waals surface area (Å²) < 4.78 is 8.04. The van der Waals surface area contributed by atoms with E-state index < -0.39 is 5.54 Å². The Hall–Kier alpha value is -1.79. The molecule has 2 aromatic rings. The maximum atomic E-state index is 13.9. The van der Waals surface area contributed by atoms with Crippen molar-refractivity contribution >= 4 is 17.0 Å². The first-order valence-corrected chi connectivity index (χ1v) is 14.4. The van der Waals surface area contributed by atoms with Crippen LogP contribution >= 0.6 is 0 Å². The molecule has 6 heteroatoms. The van der Waals surface area contributed by atoms with Crippen LogP contribution in [-0.4, -0.2) is 58.0 Å². The normalized spacial score (nSPS) is 25.5. The van der Waals surface area contributed by atoms with Crippen molar-refractivity contribution in [1.82, 2.24) is 19.7 Å². The molecule has 194 valence electrons. The molecule has 3 aliphatic rings. The number of amides is 1. The SMILES string of the molecule is CN(CCCN1Cc2cc3occc3n2CC1(C)C(=O)NC1CCCCCCC1)C1CCCCC1. The maximum absolute atomic E-state index is 13.9. The van der Waals surface area contributed by atoms with Gasteiger partial charge in [0, 0.05) is 43.0 Å². The molecule has 6 nitrogen and oxygen atoms in total. The third kappa shape index (κ3) is 5.48. The number of fused-ring (bicyclic) bond motifs is 3. The van der Waals surface area contributed by atoms with Crippen molar-refractivity contribution in [3.63, 3.8) is 0 Å². The van der Waals surface area contributed by atoms with Gasteiger partial charge in [-0.25, -0.2) is 0 Å². The van der Waals surface area contributed by atoms with E-state index in [9.17, 15) is 4.79 Å². The van der Waals surface area contributed by atoms with Crippen molar-refractivity contribution in [3.8, 4) is 0 Å². The predicted octanol–water partition coefficient (Wildman–Crippen LogP) is 5.69. The Morgan fingerprint density at radius 1 is 1.09 bits per heavy atom. The van der Waals surface area contributed by atoms with E-state index in [1.165, 1.54) is 69.9 Å². The van der Waals surface area contributed by atoms with Crippen molar-refractivity contribution in [2.45, 2.75) is 121 Å². The molecule has 2 fully saturated rings. The molecule has 1 amide bonds. The van der Waals surface area contributed by atoms with Gasteiger partial charge in [0.05, 0.1) is 18.3 Å². The van der Waals surface area contributed by atoms with Gasteiger partial charge in [-0.2, -0.15) is 0 Å². The van der Waals surface area contributed by atoms with E-state index in [1.54, 1.807) is 6.26 Å².